The molecule has 1 amide bonds. The van der Waals surface area contributed by atoms with Gasteiger partial charge in [-0.25, -0.2) is 0 Å². The zero-order chi connectivity index (χ0) is 19.1. The van der Waals surface area contributed by atoms with Gasteiger partial charge in [-0.05, 0) is 68.7 Å². The van der Waals surface area contributed by atoms with E-state index in [1.165, 1.54) is 5.56 Å². The number of carbonyl (C=O) groups is 1. The van der Waals surface area contributed by atoms with Crippen molar-refractivity contribution in [3.63, 3.8) is 0 Å². The highest BCUT2D eigenvalue weighted by Gasteiger charge is 2.15. The van der Waals surface area contributed by atoms with Gasteiger partial charge in [-0.2, -0.15) is 0 Å². The Hall–Kier alpha value is -2.49. The molecule has 0 saturated carbocycles. The molecule has 2 rings (SSSR count). The number of amides is 1. The largest absolute Gasteiger partial charge is 0.481 e. The fourth-order valence-corrected chi connectivity index (χ4v) is 2.78. The van der Waals surface area contributed by atoms with Gasteiger partial charge < -0.3 is 15.0 Å². The van der Waals surface area contributed by atoms with Crippen molar-refractivity contribution in [2.75, 3.05) is 23.3 Å². The molecular weight excluding hydrogens is 324 g/mol. The monoisotopic (exact) mass is 354 g/mol. The summed E-state index contributed by atoms with van der Waals surface area (Å²) in [6.45, 7) is 12.2. The van der Waals surface area contributed by atoms with Crippen LogP contribution >= 0.6 is 0 Å². The molecule has 0 fully saturated rings. The predicted molar refractivity (Wildman–Crippen MR) is 109 cm³/mol. The summed E-state index contributed by atoms with van der Waals surface area (Å²) in [7, 11) is 0. The minimum Gasteiger partial charge on any atom is -0.481 e. The van der Waals surface area contributed by atoms with Crippen LogP contribution in [0.1, 0.15) is 46.1 Å². The molecule has 0 aliphatic carbocycles. The number of anilines is 2. The lowest BCUT2D eigenvalue weighted by Crippen LogP contribution is -2.30. The first kappa shape index (κ1) is 19.8. The van der Waals surface area contributed by atoms with E-state index < -0.39 is 6.10 Å². The van der Waals surface area contributed by atoms with Gasteiger partial charge in [0.1, 0.15) is 5.75 Å². The summed E-state index contributed by atoms with van der Waals surface area (Å²) in [6, 6.07) is 15.8. The second kappa shape index (κ2) is 9.27. The van der Waals surface area contributed by atoms with Crippen LogP contribution in [0, 0.1) is 0 Å². The zero-order valence-electron chi connectivity index (χ0n) is 16.5. The first-order chi connectivity index (χ1) is 12.4. The van der Waals surface area contributed by atoms with Crippen molar-refractivity contribution in [2.45, 2.75) is 46.6 Å². The van der Waals surface area contributed by atoms with Crippen LogP contribution in [-0.2, 0) is 4.79 Å². The lowest BCUT2D eigenvalue weighted by molar-refractivity contribution is -0.122. The van der Waals surface area contributed by atoms with Crippen LogP contribution in [0.15, 0.2) is 48.5 Å². The summed E-state index contributed by atoms with van der Waals surface area (Å²) in [4.78, 5) is 14.6. The van der Waals surface area contributed by atoms with Gasteiger partial charge in [0, 0.05) is 24.5 Å². The van der Waals surface area contributed by atoms with E-state index in [1.54, 1.807) is 6.92 Å². The van der Waals surface area contributed by atoms with E-state index in [1.807, 2.05) is 48.5 Å². The molecule has 4 heteroatoms. The van der Waals surface area contributed by atoms with Crippen LogP contribution in [0.2, 0.25) is 0 Å². The lowest BCUT2D eigenvalue weighted by atomic mass is 10.0. The van der Waals surface area contributed by atoms with Crippen LogP contribution in [0.25, 0.3) is 0 Å². The van der Waals surface area contributed by atoms with Crippen LogP contribution < -0.4 is 15.0 Å². The highest BCUT2D eigenvalue weighted by Crippen LogP contribution is 2.21. The number of benzene rings is 2. The summed E-state index contributed by atoms with van der Waals surface area (Å²) < 4.78 is 5.76. The third-order valence-corrected chi connectivity index (χ3v) is 4.49. The van der Waals surface area contributed by atoms with Gasteiger partial charge in [0.25, 0.3) is 5.91 Å². The third-order valence-electron chi connectivity index (χ3n) is 4.49. The van der Waals surface area contributed by atoms with Crippen LogP contribution in [0.3, 0.4) is 0 Å². The summed E-state index contributed by atoms with van der Waals surface area (Å²) in [5, 5.41) is 2.91. The molecule has 4 nitrogen and oxygen atoms in total. The molecule has 0 radical (unpaired) electrons. The van der Waals surface area contributed by atoms with Crippen LogP contribution in [0.5, 0.6) is 5.75 Å². The number of ether oxygens (including phenoxy) is 1. The van der Waals surface area contributed by atoms with Gasteiger partial charge in [0.05, 0.1) is 0 Å². The Bertz CT molecular complexity index is 689. The van der Waals surface area contributed by atoms with E-state index in [4.69, 9.17) is 4.74 Å². The second-order valence-corrected chi connectivity index (χ2v) is 6.69. The van der Waals surface area contributed by atoms with Gasteiger partial charge in [-0.1, -0.05) is 26.0 Å². The van der Waals surface area contributed by atoms with Crippen molar-refractivity contribution in [2.24, 2.45) is 0 Å². The molecule has 0 aliphatic rings. The van der Waals surface area contributed by atoms with E-state index in [0.29, 0.717) is 11.7 Å². The molecule has 26 heavy (non-hydrogen) atoms. The average molecular weight is 354 g/mol. The normalized spacial score (nSPS) is 11.9. The summed E-state index contributed by atoms with van der Waals surface area (Å²) in [5.41, 5.74) is 3.18. The van der Waals surface area contributed by atoms with Gasteiger partial charge in [0.2, 0.25) is 0 Å². The second-order valence-electron chi connectivity index (χ2n) is 6.69. The SMILES string of the molecule is CCN(CC)c1ccc(NC(=O)C(C)Oc2ccc(C(C)C)cc2)cc1. The minimum absolute atomic E-state index is 0.159. The van der Waals surface area contributed by atoms with Crippen molar-refractivity contribution >= 4 is 17.3 Å². The zero-order valence-corrected chi connectivity index (χ0v) is 16.5. The number of carbonyl (C=O) groups excluding carboxylic acids is 1. The van der Waals surface area contributed by atoms with Gasteiger partial charge in [0.15, 0.2) is 6.10 Å². The summed E-state index contributed by atoms with van der Waals surface area (Å²) in [5.74, 6) is 1.02. The molecule has 1 N–H and O–H groups in total. The van der Waals surface area contributed by atoms with E-state index in [-0.39, 0.29) is 5.91 Å². The van der Waals surface area contributed by atoms with E-state index in [2.05, 4.69) is 37.9 Å². The summed E-state index contributed by atoms with van der Waals surface area (Å²) in [6.07, 6.45) is -0.567. The molecule has 1 unspecified atom stereocenters. The quantitative estimate of drug-likeness (QED) is 0.720. The Labute approximate surface area is 157 Å². The number of nitrogens with zero attached hydrogens (tertiary/aromatic N) is 1. The first-order valence-corrected chi connectivity index (χ1v) is 9.37. The maximum Gasteiger partial charge on any atom is 0.265 e. The van der Waals surface area contributed by atoms with E-state index in [0.717, 1.165) is 24.5 Å². The van der Waals surface area contributed by atoms with E-state index in [9.17, 15) is 4.79 Å². The topological polar surface area (TPSA) is 41.6 Å². The molecule has 0 aliphatic heterocycles. The molecule has 0 aromatic heterocycles. The first-order valence-electron chi connectivity index (χ1n) is 9.37. The highest BCUT2D eigenvalue weighted by atomic mass is 16.5. The number of hydrogen-bond acceptors (Lipinski definition) is 3. The highest BCUT2D eigenvalue weighted by molar-refractivity contribution is 5.94. The Morgan fingerprint density at radius 1 is 0.962 bits per heavy atom. The molecule has 1 atom stereocenters. The van der Waals surface area contributed by atoms with Crippen molar-refractivity contribution in [1.82, 2.24) is 0 Å². The lowest BCUT2D eigenvalue weighted by Gasteiger charge is -2.21. The van der Waals surface area contributed by atoms with Gasteiger partial charge >= 0.3 is 0 Å². The van der Waals surface area contributed by atoms with Gasteiger partial charge in [-0.3, -0.25) is 4.79 Å². The molecule has 2 aromatic carbocycles. The smallest absolute Gasteiger partial charge is 0.265 e. The Morgan fingerprint density at radius 2 is 1.54 bits per heavy atom. The third kappa shape index (κ3) is 5.25. The number of rotatable bonds is 8. The Balaban J connectivity index is 1.94. The minimum atomic E-state index is -0.567. The molecule has 0 spiro atoms. The number of nitrogens with one attached hydrogen (secondary N) is 1. The van der Waals surface area contributed by atoms with Crippen molar-refractivity contribution < 1.29 is 9.53 Å². The van der Waals surface area contributed by atoms with Crippen LogP contribution in [-0.4, -0.2) is 25.1 Å². The standard InChI is InChI=1S/C22H30N2O2/c1-6-24(7-2)20-12-10-19(11-13-20)23-22(25)17(5)26-21-14-8-18(9-15-21)16(3)4/h8-17H,6-7H2,1-5H3,(H,23,25). The van der Waals surface area contributed by atoms with Crippen molar-refractivity contribution in [3.8, 4) is 5.75 Å². The maximum atomic E-state index is 12.4. The van der Waals surface area contributed by atoms with Gasteiger partial charge in [-0.15, -0.1) is 0 Å². The molecular formula is C22H30N2O2. The maximum absolute atomic E-state index is 12.4. The molecule has 0 bridgehead atoms. The van der Waals surface area contributed by atoms with Crippen LogP contribution in [0.4, 0.5) is 11.4 Å². The molecule has 0 saturated heterocycles. The fraction of sp³-hybridized carbons (Fsp3) is 0.409. The molecule has 140 valence electrons. The Kier molecular flexibility index (Phi) is 7.07. The fourth-order valence-electron chi connectivity index (χ4n) is 2.78. The molecule has 2 aromatic rings. The Morgan fingerprint density at radius 3 is 2.04 bits per heavy atom. The number of hydrogen-bond donors (Lipinski definition) is 1. The summed E-state index contributed by atoms with van der Waals surface area (Å²) >= 11 is 0. The average Bonchev–Trinajstić information content (AvgIpc) is 2.64. The van der Waals surface area contributed by atoms with Crippen molar-refractivity contribution in [1.29, 1.82) is 0 Å². The van der Waals surface area contributed by atoms with E-state index >= 15 is 0 Å². The van der Waals surface area contributed by atoms with Crippen molar-refractivity contribution in [3.05, 3.63) is 54.1 Å². The predicted octanol–water partition coefficient (Wildman–Crippen LogP) is 5.06. The molecule has 0 heterocycles.